The van der Waals surface area contributed by atoms with Crippen molar-refractivity contribution in [2.75, 3.05) is 27.2 Å². The van der Waals surface area contributed by atoms with Gasteiger partial charge in [0.15, 0.2) is 0 Å². The Hall–Kier alpha value is -1.29. The van der Waals surface area contributed by atoms with Crippen molar-refractivity contribution in [3.8, 4) is 0 Å². The zero-order valence-electron chi connectivity index (χ0n) is 11.5. The van der Waals surface area contributed by atoms with E-state index in [2.05, 4.69) is 11.8 Å². The number of nitrogens with two attached hydrogens (primary N) is 1. The van der Waals surface area contributed by atoms with Gasteiger partial charge in [0.05, 0.1) is 0 Å². The predicted octanol–water partition coefficient (Wildman–Crippen LogP) is 1.16. The second kappa shape index (κ2) is 5.14. The number of amides is 1. The molecule has 1 aliphatic carbocycles. The molecule has 0 radical (unpaired) electrons. The van der Waals surface area contributed by atoms with Gasteiger partial charge in [0, 0.05) is 42.7 Å². The summed E-state index contributed by atoms with van der Waals surface area (Å²) < 4.78 is 0. The maximum Gasteiger partial charge on any atom is 0.226 e. The summed E-state index contributed by atoms with van der Waals surface area (Å²) >= 11 is 0. The Bertz CT molecular complexity index is 398. The van der Waals surface area contributed by atoms with Crippen LogP contribution in [0.2, 0.25) is 0 Å². The lowest BCUT2D eigenvalue weighted by molar-refractivity contribution is -0.132. The van der Waals surface area contributed by atoms with Gasteiger partial charge in [0.25, 0.3) is 0 Å². The molecule has 0 aromatic carbocycles. The van der Waals surface area contributed by atoms with Crippen LogP contribution in [0.1, 0.15) is 19.8 Å². The average molecular weight is 249 g/mol. The molecule has 0 spiro atoms. The lowest BCUT2D eigenvalue weighted by Gasteiger charge is -2.40. The summed E-state index contributed by atoms with van der Waals surface area (Å²) in [6.07, 6.45) is 5.57. The molecule has 0 bridgehead atoms. The van der Waals surface area contributed by atoms with E-state index in [0.717, 1.165) is 30.9 Å². The molecule has 2 aliphatic rings. The number of carbonyl (C=O) groups is 1. The molecule has 1 amide bonds. The van der Waals surface area contributed by atoms with Crippen molar-refractivity contribution in [3.63, 3.8) is 0 Å². The number of piperidine rings is 1. The summed E-state index contributed by atoms with van der Waals surface area (Å²) in [6, 6.07) is 0. The Morgan fingerprint density at radius 2 is 2.17 bits per heavy atom. The van der Waals surface area contributed by atoms with Crippen LogP contribution >= 0.6 is 0 Å². The van der Waals surface area contributed by atoms with E-state index in [1.54, 1.807) is 0 Å². The monoisotopic (exact) mass is 249 g/mol. The fraction of sp³-hybridized carbons (Fsp3) is 0.643. The molecule has 100 valence electrons. The van der Waals surface area contributed by atoms with Gasteiger partial charge in [-0.2, -0.15) is 0 Å². The molecular formula is C14H23N3O. The van der Waals surface area contributed by atoms with E-state index in [1.165, 1.54) is 0 Å². The Kier molecular flexibility index (Phi) is 3.76. The van der Waals surface area contributed by atoms with Crippen molar-refractivity contribution in [2.45, 2.75) is 19.8 Å². The van der Waals surface area contributed by atoms with Crippen LogP contribution in [0.5, 0.6) is 0 Å². The summed E-state index contributed by atoms with van der Waals surface area (Å²) in [5.74, 6) is 1.01. The Morgan fingerprint density at radius 1 is 1.44 bits per heavy atom. The first-order chi connectivity index (χ1) is 8.50. The molecule has 2 rings (SSSR count). The van der Waals surface area contributed by atoms with Crippen LogP contribution in [0.3, 0.4) is 0 Å². The van der Waals surface area contributed by atoms with Crippen LogP contribution in [0.25, 0.3) is 0 Å². The SMILES string of the molecule is CC1C(N)=CC=C2C1CCC(=O)N2CCN(C)C. The third-order valence-corrected chi connectivity index (χ3v) is 4.01. The first kappa shape index (κ1) is 13.1. The summed E-state index contributed by atoms with van der Waals surface area (Å²) in [7, 11) is 4.06. The topological polar surface area (TPSA) is 49.6 Å². The highest BCUT2D eigenvalue weighted by Crippen LogP contribution is 2.38. The standard InChI is InChI=1S/C14H23N3O/c1-10-11-4-7-14(18)17(9-8-16(2)3)13(11)6-5-12(10)15/h5-6,10-11H,4,7-9,15H2,1-3H3. The summed E-state index contributed by atoms with van der Waals surface area (Å²) in [6.45, 7) is 3.82. The minimum Gasteiger partial charge on any atom is -0.402 e. The maximum atomic E-state index is 12.1. The first-order valence-corrected chi connectivity index (χ1v) is 6.63. The van der Waals surface area contributed by atoms with E-state index in [4.69, 9.17) is 5.73 Å². The highest BCUT2D eigenvalue weighted by Gasteiger charge is 2.35. The number of fused-ring (bicyclic) bond motifs is 1. The van der Waals surface area contributed by atoms with Crippen molar-refractivity contribution in [1.29, 1.82) is 0 Å². The minimum absolute atomic E-state index is 0.250. The van der Waals surface area contributed by atoms with E-state index in [-0.39, 0.29) is 5.91 Å². The molecule has 1 fully saturated rings. The maximum absolute atomic E-state index is 12.1. The number of allylic oxidation sites excluding steroid dienone is 4. The van der Waals surface area contributed by atoms with E-state index in [9.17, 15) is 4.79 Å². The number of carbonyl (C=O) groups excluding carboxylic acids is 1. The summed E-state index contributed by atoms with van der Waals surface area (Å²) in [5, 5.41) is 0. The van der Waals surface area contributed by atoms with Gasteiger partial charge in [-0.05, 0) is 32.7 Å². The molecule has 0 aromatic heterocycles. The third kappa shape index (κ3) is 2.43. The Labute approximate surface area is 109 Å². The molecule has 0 saturated carbocycles. The molecule has 4 nitrogen and oxygen atoms in total. The first-order valence-electron chi connectivity index (χ1n) is 6.63. The van der Waals surface area contributed by atoms with Crippen LogP contribution in [0.4, 0.5) is 0 Å². The lowest BCUT2D eigenvalue weighted by Crippen LogP contribution is -2.44. The minimum atomic E-state index is 0.250. The normalized spacial score (nSPS) is 28.0. The molecular weight excluding hydrogens is 226 g/mol. The van der Waals surface area contributed by atoms with Gasteiger partial charge in [-0.15, -0.1) is 0 Å². The highest BCUT2D eigenvalue weighted by molar-refractivity contribution is 5.79. The molecule has 4 heteroatoms. The third-order valence-electron chi connectivity index (χ3n) is 4.01. The number of likely N-dealkylation sites (tertiary alicyclic amines) is 1. The highest BCUT2D eigenvalue weighted by atomic mass is 16.2. The zero-order valence-corrected chi connectivity index (χ0v) is 11.5. The van der Waals surface area contributed by atoms with Crippen LogP contribution in [-0.2, 0) is 4.79 Å². The molecule has 1 aliphatic heterocycles. The second-order valence-electron chi connectivity index (χ2n) is 5.54. The van der Waals surface area contributed by atoms with E-state index in [1.807, 2.05) is 31.1 Å². The molecule has 0 aromatic rings. The van der Waals surface area contributed by atoms with Crippen molar-refractivity contribution in [3.05, 3.63) is 23.5 Å². The fourth-order valence-electron chi connectivity index (χ4n) is 2.75. The quantitative estimate of drug-likeness (QED) is 0.816. The van der Waals surface area contributed by atoms with Crippen LogP contribution in [-0.4, -0.2) is 42.9 Å². The van der Waals surface area contributed by atoms with Crippen LogP contribution in [0, 0.1) is 11.8 Å². The molecule has 2 N–H and O–H groups in total. The second-order valence-corrected chi connectivity index (χ2v) is 5.54. The van der Waals surface area contributed by atoms with Gasteiger partial charge in [-0.25, -0.2) is 0 Å². The van der Waals surface area contributed by atoms with Crippen molar-refractivity contribution in [2.24, 2.45) is 17.6 Å². The fourth-order valence-corrected chi connectivity index (χ4v) is 2.75. The molecule has 2 unspecified atom stereocenters. The average Bonchev–Trinajstić information content (AvgIpc) is 2.32. The number of nitrogens with zero attached hydrogens (tertiary/aromatic N) is 2. The van der Waals surface area contributed by atoms with Gasteiger partial charge in [-0.3, -0.25) is 4.79 Å². The predicted molar refractivity (Wildman–Crippen MR) is 72.5 cm³/mol. The lowest BCUT2D eigenvalue weighted by atomic mass is 9.79. The van der Waals surface area contributed by atoms with Crippen molar-refractivity contribution >= 4 is 5.91 Å². The van der Waals surface area contributed by atoms with Crippen molar-refractivity contribution in [1.82, 2.24) is 9.80 Å². The molecule has 18 heavy (non-hydrogen) atoms. The smallest absolute Gasteiger partial charge is 0.226 e. The summed E-state index contributed by atoms with van der Waals surface area (Å²) in [5.41, 5.74) is 8.09. The van der Waals surface area contributed by atoms with Gasteiger partial charge in [0.2, 0.25) is 5.91 Å². The Morgan fingerprint density at radius 3 is 2.83 bits per heavy atom. The van der Waals surface area contributed by atoms with Gasteiger partial charge < -0.3 is 15.5 Å². The molecule has 1 heterocycles. The number of rotatable bonds is 3. The van der Waals surface area contributed by atoms with Gasteiger partial charge >= 0.3 is 0 Å². The number of hydrogen-bond donors (Lipinski definition) is 1. The zero-order chi connectivity index (χ0) is 13.3. The number of likely N-dealkylation sites (N-methyl/N-ethyl adjacent to an activating group) is 1. The molecule has 2 atom stereocenters. The summed E-state index contributed by atoms with van der Waals surface area (Å²) in [4.78, 5) is 16.1. The largest absolute Gasteiger partial charge is 0.402 e. The number of hydrogen-bond acceptors (Lipinski definition) is 3. The van der Waals surface area contributed by atoms with Crippen molar-refractivity contribution < 1.29 is 4.79 Å². The van der Waals surface area contributed by atoms with E-state index < -0.39 is 0 Å². The molecule has 1 saturated heterocycles. The van der Waals surface area contributed by atoms with Crippen LogP contribution in [0.15, 0.2) is 23.5 Å². The van der Waals surface area contributed by atoms with Gasteiger partial charge in [-0.1, -0.05) is 6.92 Å². The van der Waals surface area contributed by atoms with E-state index in [0.29, 0.717) is 18.3 Å². The Balaban J connectivity index is 2.19. The van der Waals surface area contributed by atoms with E-state index >= 15 is 0 Å². The van der Waals surface area contributed by atoms with Crippen LogP contribution < -0.4 is 5.73 Å². The van der Waals surface area contributed by atoms with Gasteiger partial charge in [0.1, 0.15) is 0 Å².